The molecule has 1 rings (SSSR count). The maximum Gasteiger partial charge on any atom is 0.335 e. The lowest BCUT2D eigenvalue weighted by molar-refractivity contribution is -0.154. The topological polar surface area (TPSA) is 63.6 Å². The fourth-order valence-corrected chi connectivity index (χ4v) is 2.13. The monoisotopic (exact) mass is 278 g/mol. The Hall–Kier alpha value is -1.84. The van der Waals surface area contributed by atoms with Crippen LogP contribution in [0.3, 0.4) is 0 Å². The summed E-state index contributed by atoms with van der Waals surface area (Å²) in [5.41, 5.74) is 2.60. The highest BCUT2D eigenvalue weighted by atomic mass is 16.6. The van der Waals surface area contributed by atoms with E-state index in [1.165, 1.54) is 0 Å². The third-order valence-corrected chi connectivity index (χ3v) is 2.94. The minimum Gasteiger partial charge on any atom is -0.478 e. The van der Waals surface area contributed by atoms with Crippen molar-refractivity contribution in [3.05, 3.63) is 34.4 Å². The molecule has 0 aromatic heterocycles. The summed E-state index contributed by atoms with van der Waals surface area (Å²) < 4.78 is 5.27. The number of ether oxygens (including phenoxy) is 1. The maximum atomic E-state index is 11.7. The van der Waals surface area contributed by atoms with Gasteiger partial charge in [-0.3, -0.25) is 4.79 Å². The zero-order valence-electron chi connectivity index (χ0n) is 12.7. The van der Waals surface area contributed by atoms with E-state index in [1.807, 2.05) is 34.6 Å². The molecule has 0 atom stereocenters. The summed E-state index contributed by atoms with van der Waals surface area (Å²) in [5, 5.41) is 9.00. The van der Waals surface area contributed by atoms with Crippen LogP contribution in [0.5, 0.6) is 0 Å². The standard InChI is InChI=1S/C16H22O4/c1-10-8-12(15(18)19)9-11(2)13(10)6-7-14(17)20-16(3,4)5/h8-9H,6-7H2,1-5H3,(H,18,19). The van der Waals surface area contributed by atoms with Gasteiger partial charge in [0.25, 0.3) is 0 Å². The average molecular weight is 278 g/mol. The van der Waals surface area contributed by atoms with Crippen LogP contribution in [0, 0.1) is 13.8 Å². The fraction of sp³-hybridized carbons (Fsp3) is 0.500. The van der Waals surface area contributed by atoms with Crippen LogP contribution in [-0.2, 0) is 16.0 Å². The molecule has 20 heavy (non-hydrogen) atoms. The maximum absolute atomic E-state index is 11.7. The summed E-state index contributed by atoms with van der Waals surface area (Å²) in [6.07, 6.45) is 0.859. The summed E-state index contributed by atoms with van der Waals surface area (Å²) in [6.45, 7) is 9.24. The number of rotatable bonds is 4. The van der Waals surface area contributed by atoms with E-state index in [1.54, 1.807) is 12.1 Å². The molecule has 0 amide bonds. The molecular formula is C16H22O4. The zero-order valence-corrected chi connectivity index (χ0v) is 12.7. The minimum absolute atomic E-state index is 0.237. The lowest BCUT2D eigenvalue weighted by Gasteiger charge is -2.19. The van der Waals surface area contributed by atoms with Crippen LogP contribution in [0.2, 0.25) is 0 Å². The molecule has 0 bridgehead atoms. The first-order valence-electron chi connectivity index (χ1n) is 6.65. The largest absolute Gasteiger partial charge is 0.478 e. The van der Waals surface area contributed by atoms with Gasteiger partial charge >= 0.3 is 11.9 Å². The summed E-state index contributed by atoms with van der Waals surface area (Å²) in [4.78, 5) is 22.7. The van der Waals surface area contributed by atoms with Crippen LogP contribution >= 0.6 is 0 Å². The molecule has 0 unspecified atom stereocenters. The third-order valence-electron chi connectivity index (χ3n) is 2.94. The van der Waals surface area contributed by atoms with Gasteiger partial charge in [0.1, 0.15) is 5.60 Å². The van der Waals surface area contributed by atoms with Gasteiger partial charge in [-0.15, -0.1) is 0 Å². The number of hydrogen-bond acceptors (Lipinski definition) is 3. The smallest absolute Gasteiger partial charge is 0.335 e. The van der Waals surface area contributed by atoms with Crippen molar-refractivity contribution in [3.8, 4) is 0 Å². The van der Waals surface area contributed by atoms with Gasteiger partial charge in [-0.05, 0) is 69.9 Å². The van der Waals surface area contributed by atoms with Crippen molar-refractivity contribution in [2.24, 2.45) is 0 Å². The number of carbonyl (C=O) groups excluding carboxylic acids is 1. The van der Waals surface area contributed by atoms with E-state index >= 15 is 0 Å². The molecule has 1 aromatic rings. The average Bonchev–Trinajstić information content (AvgIpc) is 2.24. The van der Waals surface area contributed by atoms with E-state index in [0.29, 0.717) is 12.8 Å². The SMILES string of the molecule is Cc1cc(C(=O)O)cc(C)c1CCC(=O)OC(C)(C)C. The van der Waals surface area contributed by atoms with E-state index in [0.717, 1.165) is 16.7 Å². The van der Waals surface area contributed by atoms with Crippen molar-refractivity contribution in [2.45, 2.75) is 53.1 Å². The zero-order chi connectivity index (χ0) is 15.5. The number of hydrogen-bond donors (Lipinski definition) is 1. The highest BCUT2D eigenvalue weighted by molar-refractivity contribution is 5.88. The number of aromatic carboxylic acids is 1. The summed E-state index contributed by atoms with van der Waals surface area (Å²) in [5.74, 6) is -1.17. The van der Waals surface area contributed by atoms with E-state index in [2.05, 4.69) is 0 Å². The Labute approximate surface area is 119 Å². The molecule has 0 fully saturated rings. The van der Waals surface area contributed by atoms with Crippen LogP contribution in [0.15, 0.2) is 12.1 Å². The fourth-order valence-electron chi connectivity index (χ4n) is 2.13. The van der Waals surface area contributed by atoms with Crippen molar-refractivity contribution in [2.75, 3.05) is 0 Å². The van der Waals surface area contributed by atoms with E-state index in [9.17, 15) is 9.59 Å². The molecule has 1 N–H and O–H groups in total. The summed E-state index contributed by atoms with van der Waals surface area (Å²) >= 11 is 0. The van der Waals surface area contributed by atoms with Crippen LogP contribution in [0.1, 0.15) is 54.2 Å². The predicted molar refractivity (Wildman–Crippen MR) is 77.0 cm³/mol. The molecule has 0 aliphatic rings. The number of esters is 1. The van der Waals surface area contributed by atoms with Gasteiger partial charge in [-0.1, -0.05) is 0 Å². The van der Waals surface area contributed by atoms with Gasteiger partial charge in [0.05, 0.1) is 5.56 Å². The van der Waals surface area contributed by atoms with Gasteiger partial charge < -0.3 is 9.84 Å². The Morgan fingerprint density at radius 1 is 1.15 bits per heavy atom. The molecule has 0 aliphatic carbocycles. The molecule has 4 nitrogen and oxygen atoms in total. The number of benzene rings is 1. The van der Waals surface area contributed by atoms with E-state index in [4.69, 9.17) is 9.84 Å². The number of carboxylic acids is 1. The van der Waals surface area contributed by atoms with Gasteiger partial charge in [0.15, 0.2) is 0 Å². The van der Waals surface area contributed by atoms with Crippen LogP contribution in [0.25, 0.3) is 0 Å². The molecule has 0 saturated heterocycles. The number of carbonyl (C=O) groups is 2. The Kier molecular flexibility index (Phi) is 4.93. The molecule has 0 heterocycles. The first-order chi connectivity index (χ1) is 9.10. The highest BCUT2D eigenvalue weighted by Gasteiger charge is 2.17. The molecule has 4 heteroatoms. The van der Waals surface area contributed by atoms with Gasteiger partial charge in [0, 0.05) is 6.42 Å². The summed E-state index contributed by atoms with van der Waals surface area (Å²) in [6, 6.07) is 3.28. The lowest BCUT2D eigenvalue weighted by Crippen LogP contribution is -2.24. The van der Waals surface area contributed by atoms with Crippen molar-refractivity contribution in [1.82, 2.24) is 0 Å². The van der Waals surface area contributed by atoms with E-state index in [-0.39, 0.29) is 11.5 Å². The van der Waals surface area contributed by atoms with Crippen molar-refractivity contribution in [3.63, 3.8) is 0 Å². The molecule has 0 radical (unpaired) electrons. The summed E-state index contributed by atoms with van der Waals surface area (Å²) in [7, 11) is 0. The van der Waals surface area contributed by atoms with Crippen molar-refractivity contribution < 1.29 is 19.4 Å². The van der Waals surface area contributed by atoms with E-state index < -0.39 is 11.6 Å². The van der Waals surface area contributed by atoms with Gasteiger partial charge in [-0.25, -0.2) is 4.79 Å². The number of carboxylic acid groups (broad SMARTS) is 1. The van der Waals surface area contributed by atoms with Crippen LogP contribution in [0.4, 0.5) is 0 Å². The second-order valence-electron chi connectivity index (χ2n) is 5.98. The van der Waals surface area contributed by atoms with Gasteiger partial charge in [-0.2, -0.15) is 0 Å². The Balaban J connectivity index is 2.79. The van der Waals surface area contributed by atoms with Crippen LogP contribution in [-0.4, -0.2) is 22.6 Å². The third kappa shape index (κ3) is 4.68. The molecule has 110 valence electrons. The normalized spacial score (nSPS) is 11.2. The molecule has 0 saturated carbocycles. The lowest BCUT2D eigenvalue weighted by atomic mass is 9.96. The molecule has 1 aromatic carbocycles. The second-order valence-corrected chi connectivity index (χ2v) is 5.98. The second kappa shape index (κ2) is 6.07. The first kappa shape index (κ1) is 16.2. The Bertz CT molecular complexity index is 501. The van der Waals surface area contributed by atoms with Crippen molar-refractivity contribution in [1.29, 1.82) is 0 Å². The van der Waals surface area contributed by atoms with Crippen LogP contribution < -0.4 is 0 Å². The Morgan fingerprint density at radius 3 is 2.05 bits per heavy atom. The first-order valence-corrected chi connectivity index (χ1v) is 6.65. The number of aryl methyl sites for hydroxylation is 2. The molecule has 0 aliphatic heterocycles. The van der Waals surface area contributed by atoms with Crippen molar-refractivity contribution >= 4 is 11.9 Å². The predicted octanol–water partition coefficient (Wildman–Crippen LogP) is 3.28. The molecular weight excluding hydrogens is 256 g/mol. The Morgan fingerprint density at radius 2 is 1.65 bits per heavy atom. The minimum atomic E-state index is -0.935. The molecule has 0 spiro atoms. The highest BCUT2D eigenvalue weighted by Crippen LogP contribution is 2.19. The van der Waals surface area contributed by atoms with Gasteiger partial charge in [0.2, 0.25) is 0 Å². The quantitative estimate of drug-likeness (QED) is 0.858.